The van der Waals surface area contributed by atoms with Gasteiger partial charge in [-0.25, -0.2) is 0 Å². The van der Waals surface area contributed by atoms with Gasteiger partial charge in [-0.2, -0.15) is 0 Å². The van der Waals surface area contributed by atoms with Crippen molar-refractivity contribution >= 4 is 11.6 Å². The maximum Gasteiger partial charge on any atom is 0.255 e. The number of pyridine rings is 2. The fourth-order valence-electron chi connectivity index (χ4n) is 3.93. The molecule has 0 spiro atoms. The number of aromatic nitrogens is 2. The second-order valence-corrected chi connectivity index (χ2v) is 7.69. The summed E-state index contributed by atoms with van der Waals surface area (Å²) in [6, 6.07) is 14.3. The molecule has 1 amide bonds. The van der Waals surface area contributed by atoms with Gasteiger partial charge < -0.3 is 16.0 Å². The third-order valence-corrected chi connectivity index (χ3v) is 5.67. The van der Waals surface area contributed by atoms with Gasteiger partial charge >= 0.3 is 0 Å². The van der Waals surface area contributed by atoms with Crippen LogP contribution in [0, 0.1) is 0 Å². The molecule has 2 aromatic heterocycles. The lowest BCUT2D eigenvalue weighted by Gasteiger charge is -2.32. The van der Waals surface area contributed by atoms with Crippen LogP contribution in [0.25, 0.3) is 0 Å². The third kappa shape index (κ3) is 4.83. The molecule has 0 bridgehead atoms. The molecule has 4 rings (SSSR count). The topological polar surface area (TPSA) is 84.1 Å². The average Bonchev–Trinajstić information content (AvgIpc) is 2.83. The Hall–Kier alpha value is -3.25. The maximum atomic E-state index is 13.0. The van der Waals surface area contributed by atoms with Gasteiger partial charge in [0.15, 0.2) is 0 Å². The number of benzene rings is 1. The third-order valence-electron chi connectivity index (χ3n) is 5.67. The van der Waals surface area contributed by atoms with Crippen molar-refractivity contribution in [2.45, 2.75) is 31.8 Å². The number of amides is 1. The van der Waals surface area contributed by atoms with Crippen LogP contribution < -0.4 is 11.1 Å². The number of anilines is 1. The van der Waals surface area contributed by atoms with Gasteiger partial charge in [-0.3, -0.25) is 14.8 Å². The van der Waals surface area contributed by atoms with E-state index in [1.54, 1.807) is 24.8 Å². The summed E-state index contributed by atoms with van der Waals surface area (Å²) in [7, 11) is 0. The molecule has 3 N–H and O–H groups in total. The molecule has 0 saturated carbocycles. The lowest BCUT2D eigenvalue weighted by atomic mass is 9.88. The number of nitrogens with two attached hydrogens (primary N) is 1. The van der Waals surface area contributed by atoms with E-state index in [0.29, 0.717) is 24.6 Å². The number of nitrogens with zero attached hydrogens (tertiary/aromatic N) is 3. The largest absolute Gasteiger partial charge is 0.380 e. The number of hydrogen-bond acceptors (Lipinski definition) is 5. The first-order chi connectivity index (χ1) is 14.7. The Morgan fingerprint density at radius 2 is 1.83 bits per heavy atom. The number of likely N-dealkylation sites (tertiary alicyclic amines) is 1. The molecule has 3 aromatic rings. The molecule has 3 heterocycles. The van der Waals surface area contributed by atoms with Gasteiger partial charge in [0.2, 0.25) is 0 Å². The highest BCUT2D eigenvalue weighted by atomic mass is 16.2. The maximum absolute atomic E-state index is 13.0. The summed E-state index contributed by atoms with van der Waals surface area (Å²) in [4.78, 5) is 23.2. The van der Waals surface area contributed by atoms with Gasteiger partial charge in [0, 0.05) is 51.0 Å². The number of carbonyl (C=O) groups is 1. The second kappa shape index (κ2) is 9.50. The molecule has 1 aromatic carbocycles. The Kier molecular flexibility index (Phi) is 6.35. The molecule has 0 aliphatic carbocycles. The van der Waals surface area contributed by atoms with Crippen LogP contribution in [-0.2, 0) is 13.1 Å². The van der Waals surface area contributed by atoms with Crippen LogP contribution in [0.3, 0.4) is 0 Å². The number of hydrogen-bond donors (Lipinski definition) is 2. The molecule has 6 nitrogen and oxygen atoms in total. The van der Waals surface area contributed by atoms with Crippen molar-refractivity contribution < 1.29 is 4.79 Å². The van der Waals surface area contributed by atoms with E-state index in [9.17, 15) is 4.79 Å². The lowest BCUT2D eigenvalue weighted by molar-refractivity contribution is 0.0712. The molecule has 1 aliphatic heterocycles. The van der Waals surface area contributed by atoms with Crippen LogP contribution in [0.5, 0.6) is 0 Å². The summed E-state index contributed by atoms with van der Waals surface area (Å²) >= 11 is 0. The van der Waals surface area contributed by atoms with E-state index in [2.05, 4.69) is 39.6 Å². The van der Waals surface area contributed by atoms with Crippen molar-refractivity contribution in [2.24, 2.45) is 5.73 Å². The second-order valence-electron chi connectivity index (χ2n) is 7.69. The predicted molar refractivity (Wildman–Crippen MR) is 118 cm³/mol. The number of carbonyl (C=O) groups excluding carboxylic acids is 1. The SMILES string of the molecule is NCc1cccc(C2CCN(C(=O)c3cncc(NCc4ccncc4)c3)CC2)c1. The Balaban J connectivity index is 1.36. The molecule has 6 heteroatoms. The molecule has 30 heavy (non-hydrogen) atoms. The first kappa shape index (κ1) is 20.0. The Labute approximate surface area is 177 Å². The van der Waals surface area contributed by atoms with Crippen molar-refractivity contribution in [3.05, 3.63) is 89.5 Å². The highest BCUT2D eigenvalue weighted by Crippen LogP contribution is 2.29. The van der Waals surface area contributed by atoms with Gasteiger partial charge in [-0.1, -0.05) is 24.3 Å². The number of rotatable bonds is 6. The van der Waals surface area contributed by atoms with Gasteiger partial charge in [0.05, 0.1) is 11.3 Å². The minimum atomic E-state index is 0.0456. The van der Waals surface area contributed by atoms with E-state index in [1.807, 2.05) is 23.1 Å². The zero-order valence-corrected chi connectivity index (χ0v) is 17.0. The quantitative estimate of drug-likeness (QED) is 0.660. The standard InChI is InChI=1S/C24H27N5O/c25-14-19-2-1-3-21(12-19)20-6-10-29(11-7-20)24(30)22-13-23(17-27-16-22)28-15-18-4-8-26-9-5-18/h1-5,8-9,12-13,16-17,20,28H,6-7,10-11,14-15,25H2. The van der Waals surface area contributed by atoms with E-state index in [4.69, 9.17) is 5.73 Å². The van der Waals surface area contributed by atoms with Crippen molar-refractivity contribution in [1.82, 2.24) is 14.9 Å². The van der Waals surface area contributed by atoms with Crippen LogP contribution in [0.15, 0.2) is 67.3 Å². The van der Waals surface area contributed by atoms with Gasteiger partial charge in [-0.05, 0) is 53.6 Å². The van der Waals surface area contributed by atoms with Crippen LogP contribution >= 0.6 is 0 Å². The van der Waals surface area contributed by atoms with E-state index < -0.39 is 0 Å². The molecule has 0 radical (unpaired) electrons. The van der Waals surface area contributed by atoms with Crippen molar-refractivity contribution in [1.29, 1.82) is 0 Å². The molecular formula is C24H27N5O. The minimum absolute atomic E-state index is 0.0456. The summed E-state index contributed by atoms with van der Waals surface area (Å²) in [5, 5.41) is 3.33. The summed E-state index contributed by atoms with van der Waals surface area (Å²) in [5.74, 6) is 0.524. The van der Waals surface area contributed by atoms with Crippen LogP contribution in [0.1, 0.15) is 45.8 Å². The minimum Gasteiger partial charge on any atom is -0.380 e. The fourth-order valence-corrected chi connectivity index (χ4v) is 3.93. The molecule has 1 aliphatic rings. The van der Waals surface area contributed by atoms with Gasteiger partial charge in [0.1, 0.15) is 0 Å². The van der Waals surface area contributed by atoms with Crippen molar-refractivity contribution in [3.63, 3.8) is 0 Å². The first-order valence-corrected chi connectivity index (χ1v) is 10.4. The van der Waals surface area contributed by atoms with Crippen LogP contribution in [0.4, 0.5) is 5.69 Å². The zero-order chi connectivity index (χ0) is 20.8. The zero-order valence-electron chi connectivity index (χ0n) is 17.0. The Bertz CT molecular complexity index is 984. The Morgan fingerprint density at radius 3 is 2.60 bits per heavy atom. The normalized spacial score (nSPS) is 14.5. The van der Waals surface area contributed by atoms with Crippen molar-refractivity contribution in [3.8, 4) is 0 Å². The van der Waals surface area contributed by atoms with E-state index in [1.165, 1.54) is 5.56 Å². The smallest absolute Gasteiger partial charge is 0.255 e. The van der Waals surface area contributed by atoms with Gasteiger partial charge in [-0.15, -0.1) is 0 Å². The van der Waals surface area contributed by atoms with Crippen LogP contribution in [0.2, 0.25) is 0 Å². The molecule has 0 atom stereocenters. The van der Waals surface area contributed by atoms with E-state index >= 15 is 0 Å². The summed E-state index contributed by atoms with van der Waals surface area (Å²) < 4.78 is 0. The van der Waals surface area contributed by atoms with Gasteiger partial charge in [0.25, 0.3) is 5.91 Å². The first-order valence-electron chi connectivity index (χ1n) is 10.4. The Morgan fingerprint density at radius 1 is 1.03 bits per heavy atom. The average molecular weight is 402 g/mol. The summed E-state index contributed by atoms with van der Waals surface area (Å²) in [6.45, 7) is 2.73. The van der Waals surface area contributed by atoms with E-state index in [-0.39, 0.29) is 5.91 Å². The van der Waals surface area contributed by atoms with Crippen LogP contribution in [-0.4, -0.2) is 33.9 Å². The molecule has 154 valence electrons. The van der Waals surface area contributed by atoms with E-state index in [0.717, 1.165) is 42.7 Å². The number of nitrogens with one attached hydrogen (secondary N) is 1. The predicted octanol–water partition coefficient (Wildman–Crippen LogP) is 3.57. The summed E-state index contributed by atoms with van der Waals surface area (Å²) in [6.07, 6.45) is 8.86. The van der Waals surface area contributed by atoms with Crippen molar-refractivity contribution in [2.75, 3.05) is 18.4 Å². The molecule has 1 fully saturated rings. The highest BCUT2D eigenvalue weighted by Gasteiger charge is 2.25. The fraction of sp³-hybridized carbons (Fsp3) is 0.292. The monoisotopic (exact) mass is 401 g/mol. The number of piperidine rings is 1. The summed E-state index contributed by atoms with van der Waals surface area (Å²) in [5.41, 5.74) is 10.9. The molecular weight excluding hydrogens is 374 g/mol. The lowest BCUT2D eigenvalue weighted by Crippen LogP contribution is -2.38. The molecule has 1 saturated heterocycles. The highest BCUT2D eigenvalue weighted by molar-refractivity contribution is 5.94. The molecule has 0 unspecified atom stereocenters.